The van der Waals surface area contributed by atoms with Crippen LogP contribution in [0, 0.1) is 0 Å². The van der Waals surface area contributed by atoms with Gasteiger partial charge in [0, 0.05) is 0 Å². The molecule has 0 aromatic heterocycles. The van der Waals surface area contributed by atoms with Crippen molar-refractivity contribution in [1.82, 2.24) is 5.32 Å². The third kappa shape index (κ3) is 2.30. The molecule has 2 unspecified atom stereocenters. The second kappa shape index (κ2) is 3.67. The molecule has 1 aliphatic heterocycles. The summed E-state index contributed by atoms with van der Waals surface area (Å²) in [6.07, 6.45) is 0. The maximum atomic E-state index is 11.6. The number of carbonyl (C=O) groups excluding carboxylic acids is 2. The highest BCUT2D eigenvalue weighted by atomic mass is 16.6. The van der Waals surface area contributed by atoms with Crippen LogP contribution in [0.1, 0.15) is 20.8 Å². The number of hydrogen-bond donors (Lipinski definition) is 2. The smallest absolute Gasteiger partial charge is 0.237 e. The summed E-state index contributed by atoms with van der Waals surface area (Å²) in [6, 6.07) is -1.14. The molecule has 0 radical (unpaired) electrons. The zero-order valence-electron chi connectivity index (χ0n) is 8.66. The first-order chi connectivity index (χ1) is 6.37. The van der Waals surface area contributed by atoms with Crippen molar-refractivity contribution in [2.45, 2.75) is 38.5 Å². The fraction of sp³-hybridized carbons (Fsp3) is 0.778. The number of ketones is 1. The molecule has 0 aromatic rings. The van der Waals surface area contributed by atoms with Crippen LogP contribution in [-0.2, 0) is 14.3 Å². The van der Waals surface area contributed by atoms with E-state index in [9.17, 15) is 9.59 Å². The molecule has 1 amide bonds. The standard InChI is InChI=1S/C9H16N2O3/c1-5(10)8(13)11-6(2)7(12)9(3)4-14-9/h5-6H,4,10H2,1-3H3,(H,11,13)/t5?,6?,9-/m1/s1. The predicted molar refractivity (Wildman–Crippen MR) is 50.6 cm³/mol. The number of rotatable bonds is 4. The van der Waals surface area contributed by atoms with Crippen LogP contribution >= 0.6 is 0 Å². The highest BCUT2D eigenvalue weighted by Gasteiger charge is 2.48. The summed E-state index contributed by atoms with van der Waals surface area (Å²) in [5.41, 5.74) is 4.66. The topological polar surface area (TPSA) is 84.7 Å². The van der Waals surface area contributed by atoms with Crippen LogP contribution in [0.4, 0.5) is 0 Å². The first-order valence-electron chi connectivity index (χ1n) is 4.61. The molecule has 5 heteroatoms. The average molecular weight is 200 g/mol. The quantitative estimate of drug-likeness (QED) is 0.582. The van der Waals surface area contributed by atoms with Crippen molar-refractivity contribution in [3.05, 3.63) is 0 Å². The Morgan fingerprint density at radius 2 is 2.00 bits per heavy atom. The van der Waals surface area contributed by atoms with Gasteiger partial charge in [-0.25, -0.2) is 0 Å². The Hall–Kier alpha value is -0.940. The number of epoxide rings is 1. The van der Waals surface area contributed by atoms with E-state index in [2.05, 4.69) is 5.32 Å². The first-order valence-corrected chi connectivity index (χ1v) is 4.61. The number of hydrogen-bond acceptors (Lipinski definition) is 4. The fourth-order valence-electron chi connectivity index (χ4n) is 1.12. The van der Waals surface area contributed by atoms with E-state index in [1.54, 1.807) is 20.8 Å². The molecule has 1 saturated heterocycles. The summed E-state index contributed by atoms with van der Waals surface area (Å²) in [4.78, 5) is 22.8. The summed E-state index contributed by atoms with van der Waals surface area (Å²) in [6.45, 7) is 5.35. The summed E-state index contributed by atoms with van der Waals surface area (Å²) in [5, 5.41) is 2.53. The molecule has 1 heterocycles. The molecule has 14 heavy (non-hydrogen) atoms. The number of ether oxygens (including phenoxy) is 1. The zero-order chi connectivity index (χ0) is 10.9. The molecule has 80 valence electrons. The Kier molecular flexibility index (Phi) is 2.92. The van der Waals surface area contributed by atoms with Gasteiger partial charge in [-0.05, 0) is 20.8 Å². The van der Waals surface area contributed by atoms with Gasteiger partial charge in [0.05, 0.1) is 18.7 Å². The van der Waals surface area contributed by atoms with Crippen LogP contribution in [-0.4, -0.2) is 36.0 Å². The molecule has 5 nitrogen and oxygen atoms in total. The van der Waals surface area contributed by atoms with E-state index in [4.69, 9.17) is 10.5 Å². The lowest BCUT2D eigenvalue weighted by Gasteiger charge is -2.16. The summed E-state index contributed by atoms with van der Waals surface area (Å²) < 4.78 is 4.99. The monoisotopic (exact) mass is 200 g/mol. The molecule has 0 saturated carbocycles. The summed E-state index contributed by atoms with van der Waals surface area (Å²) in [7, 11) is 0. The SMILES string of the molecule is CC(N)C(=O)NC(C)C(=O)[C@@]1(C)CO1. The minimum absolute atomic E-state index is 0.105. The van der Waals surface area contributed by atoms with Gasteiger partial charge >= 0.3 is 0 Å². The van der Waals surface area contributed by atoms with E-state index in [0.717, 1.165) is 0 Å². The van der Waals surface area contributed by atoms with E-state index in [-0.39, 0.29) is 11.7 Å². The third-order valence-electron chi connectivity index (χ3n) is 2.26. The van der Waals surface area contributed by atoms with Gasteiger partial charge < -0.3 is 15.8 Å². The maximum Gasteiger partial charge on any atom is 0.237 e. The molecular formula is C9H16N2O3. The Morgan fingerprint density at radius 1 is 1.50 bits per heavy atom. The molecule has 1 fully saturated rings. The van der Waals surface area contributed by atoms with Crippen molar-refractivity contribution < 1.29 is 14.3 Å². The molecule has 0 aromatic carbocycles. The van der Waals surface area contributed by atoms with Crippen LogP contribution in [0.5, 0.6) is 0 Å². The highest BCUT2D eigenvalue weighted by molar-refractivity contribution is 5.96. The van der Waals surface area contributed by atoms with Gasteiger partial charge in [-0.1, -0.05) is 0 Å². The highest BCUT2D eigenvalue weighted by Crippen LogP contribution is 2.28. The molecule has 0 bridgehead atoms. The molecule has 0 spiro atoms. The lowest BCUT2D eigenvalue weighted by Crippen LogP contribution is -2.48. The van der Waals surface area contributed by atoms with Gasteiger partial charge in [0.15, 0.2) is 5.78 Å². The van der Waals surface area contributed by atoms with E-state index >= 15 is 0 Å². The Morgan fingerprint density at radius 3 is 2.36 bits per heavy atom. The number of Topliss-reactive ketones (excluding diaryl/α,β-unsaturated/α-hetero) is 1. The molecule has 1 rings (SSSR count). The average Bonchev–Trinajstić information content (AvgIpc) is 2.83. The molecule has 3 N–H and O–H groups in total. The molecule has 3 atom stereocenters. The minimum Gasteiger partial charge on any atom is -0.361 e. The van der Waals surface area contributed by atoms with E-state index in [1.807, 2.05) is 0 Å². The Balaban J connectivity index is 2.46. The molecular weight excluding hydrogens is 184 g/mol. The molecule has 1 aliphatic rings. The van der Waals surface area contributed by atoms with Gasteiger partial charge in [0.2, 0.25) is 5.91 Å². The number of carbonyl (C=O) groups is 2. The number of nitrogens with two attached hydrogens (primary N) is 1. The van der Waals surface area contributed by atoms with Gasteiger partial charge in [-0.2, -0.15) is 0 Å². The van der Waals surface area contributed by atoms with Crippen molar-refractivity contribution >= 4 is 11.7 Å². The Labute approximate surface area is 83.0 Å². The van der Waals surface area contributed by atoms with Gasteiger partial charge in [0.1, 0.15) is 5.60 Å². The third-order valence-corrected chi connectivity index (χ3v) is 2.26. The van der Waals surface area contributed by atoms with E-state index in [0.29, 0.717) is 6.61 Å². The lowest BCUT2D eigenvalue weighted by atomic mass is 10.0. The van der Waals surface area contributed by atoms with Crippen LogP contribution in [0.2, 0.25) is 0 Å². The van der Waals surface area contributed by atoms with Crippen molar-refractivity contribution in [3.63, 3.8) is 0 Å². The van der Waals surface area contributed by atoms with Crippen LogP contribution in [0.15, 0.2) is 0 Å². The van der Waals surface area contributed by atoms with Crippen LogP contribution < -0.4 is 11.1 Å². The number of amides is 1. The summed E-state index contributed by atoms with van der Waals surface area (Å²) in [5.74, 6) is -0.429. The maximum absolute atomic E-state index is 11.6. The Bertz CT molecular complexity index is 259. The molecule has 0 aliphatic carbocycles. The van der Waals surface area contributed by atoms with Crippen LogP contribution in [0.3, 0.4) is 0 Å². The van der Waals surface area contributed by atoms with Crippen LogP contribution in [0.25, 0.3) is 0 Å². The number of nitrogens with one attached hydrogen (secondary N) is 1. The van der Waals surface area contributed by atoms with Gasteiger partial charge in [-0.3, -0.25) is 9.59 Å². The largest absolute Gasteiger partial charge is 0.361 e. The van der Waals surface area contributed by atoms with E-state index < -0.39 is 17.7 Å². The normalized spacial score (nSPS) is 29.1. The van der Waals surface area contributed by atoms with Gasteiger partial charge in [0.25, 0.3) is 0 Å². The second-order valence-electron chi connectivity index (χ2n) is 3.90. The van der Waals surface area contributed by atoms with E-state index in [1.165, 1.54) is 0 Å². The van der Waals surface area contributed by atoms with Crippen molar-refractivity contribution in [1.29, 1.82) is 0 Å². The zero-order valence-corrected chi connectivity index (χ0v) is 8.66. The van der Waals surface area contributed by atoms with Crippen molar-refractivity contribution in [2.75, 3.05) is 6.61 Å². The summed E-state index contributed by atoms with van der Waals surface area (Å²) >= 11 is 0. The van der Waals surface area contributed by atoms with Gasteiger partial charge in [-0.15, -0.1) is 0 Å². The fourth-order valence-corrected chi connectivity index (χ4v) is 1.12. The van der Waals surface area contributed by atoms with Crippen molar-refractivity contribution in [2.24, 2.45) is 5.73 Å². The first kappa shape index (κ1) is 11.1. The minimum atomic E-state index is -0.690. The predicted octanol–water partition coefficient (Wildman–Crippen LogP) is -0.804. The second-order valence-corrected chi connectivity index (χ2v) is 3.90. The van der Waals surface area contributed by atoms with Crippen molar-refractivity contribution in [3.8, 4) is 0 Å². The lowest BCUT2D eigenvalue weighted by molar-refractivity contribution is -0.130.